The van der Waals surface area contributed by atoms with Crippen molar-refractivity contribution < 1.29 is 13.5 Å². The first-order chi connectivity index (χ1) is 8.02. The molecule has 1 aromatic heterocycles. The molecule has 1 fully saturated rings. The summed E-state index contributed by atoms with van der Waals surface area (Å²) >= 11 is 3.00. The molecule has 1 atom stereocenters. The average molecular weight is 294 g/mol. The zero-order valence-corrected chi connectivity index (χ0v) is 11.8. The summed E-state index contributed by atoms with van der Waals surface area (Å²) in [5, 5.41) is 9.19. The molecule has 0 aliphatic carbocycles. The predicted octanol–water partition coefficient (Wildman–Crippen LogP) is 0.559. The number of rotatable bonds is 3. The molecule has 8 heteroatoms. The van der Waals surface area contributed by atoms with Crippen molar-refractivity contribution in [3.05, 3.63) is 11.1 Å². The summed E-state index contributed by atoms with van der Waals surface area (Å²) in [4.78, 5) is 6.77. The van der Waals surface area contributed by atoms with Gasteiger partial charge < -0.3 is 10.0 Å². The van der Waals surface area contributed by atoms with E-state index in [1.54, 1.807) is 18.0 Å². The van der Waals surface area contributed by atoms with Crippen LogP contribution in [0.1, 0.15) is 4.88 Å². The van der Waals surface area contributed by atoms with Crippen LogP contribution in [0.4, 0.5) is 5.13 Å². The van der Waals surface area contributed by atoms with Gasteiger partial charge in [0.1, 0.15) is 5.37 Å². The van der Waals surface area contributed by atoms with Crippen molar-refractivity contribution in [1.82, 2.24) is 4.98 Å². The number of sulfone groups is 1. The van der Waals surface area contributed by atoms with Crippen molar-refractivity contribution in [2.45, 2.75) is 12.0 Å². The molecule has 96 valence electrons. The highest BCUT2D eigenvalue weighted by molar-refractivity contribution is 8.01. The fraction of sp³-hybridized carbons (Fsp3) is 0.667. The van der Waals surface area contributed by atoms with Gasteiger partial charge in [-0.05, 0) is 0 Å². The first-order valence-electron chi connectivity index (χ1n) is 5.11. The van der Waals surface area contributed by atoms with Crippen molar-refractivity contribution in [2.75, 3.05) is 29.2 Å². The van der Waals surface area contributed by atoms with Crippen LogP contribution < -0.4 is 4.90 Å². The summed E-state index contributed by atoms with van der Waals surface area (Å²) in [6.07, 6.45) is 2.86. The molecule has 1 aliphatic rings. The highest BCUT2D eigenvalue weighted by atomic mass is 32.2. The standard InChI is InChI=1S/C9H14N2O3S3/c1-17(13,14)8-6-15-3-2-11(8)9-10-4-7(5-12)16-9/h4,8,12H,2-3,5-6H2,1H3. The highest BCUT2D eigenvalue weighted by Gasteiger charge is 2.32. The monoisotopic (exact) mass is 294 g/mol. The molecule has 0 saturated carbocycles. The van der Waals surface area contributed by atoms with Gasteiger partial charge in [0.2, 0.25) is 0 Å². The van der Waals surface area contributed by atoms with Gasteiger partial charge in [-0.1, -0.05) is 11.3 Å². The lowest BCUT2D eigenvalue weighted by Gasteiger charge is -2.33. The minimum absolute atomic E-state index is 0.0518. The van der Waals surface area contributed by atoms with Gasteiger partial charge in [0.25, 0.3) is 0 Å². The van der Waals surface area contributed by atoms with E-state index < -0.39 is 15.2 Å². The third kappa shape index (κ3) is 2.93. The molecule has 1 aliphatic heterocycles. The second-order valence-electron chi connectivity index (χ2n) is 3.82. The summed E-state index contributed by atoms with van der Waals surface area (Å²) in [6, 6.07) is 0. The molecule has 1 saturated heterocycles. The minimum atomic E-state index is -3.11. The number of aliphatic hydroxyl groups excluding tert-OH is 1. The fourth-order valence-corrected chi connectivity index (χ4v) is 5.39. The van der Waals surface area contributed by atoms with Crippen molar-refractivity contribution in [2.24, 2.45) is 0 Å². The van der Waals surface area contributed by atoms with E-state index in [9.17, 15) is 8.42 Å². The number of aliphatic hydroxyl groups is 1. The Morgan fingerprint density at radius 3 is 3.00 bits per heavy atom. The second kappa shape index (κ2) is 5.13. The van der Waals surface area contributed by atoms with Gasteiger partial charge >= 0.3 is 0 Å². The molecule has 0 spiro atoms. The van der Waals surface area contributed by atoms with Crippen LogP contribution in [-0.2, 0) is 16.4 Å². The van der Waals surface area contributed by atoms with Gasteiger partial charge in [-0.2, -0.15) is 11.8 Å². The molecule has 1 N–H and O–H groups in total. The third-order valence-electron chi connectivity index (χ3n) is 2.52. The summed E-state index contributed by atoms with van der Waals surface area (Å²) in [7, 11) is -3.11. The van der Waals surface area contributed by atoms with Crippen LogP contribution in [0, 0.1) is 0 Å². The van der Waals surface area contributed by atoms with E-state index in [0.717, 1.165) is 10.6 Å². The predicted molar refractivity (Wildman–Crippen MR) is 71.3 cm³/mol. The number of anilines is 1. The van der Waals surface area contributed by atoms with Gasteiger partial charge in [-0.25, -0.2) is 13.4 Å². The largest absolute Gasteiger partial charge is 0.391 e. The van der Waals surface area contributed by atoms with Crippen LogP contribution in [0.2, 0.25) is 0 Å². The highest BCUT2D eigenvalue weighted by Crippen LogP contribution is 2.30. The van der Waals surface area contributed by atoms with E-state index in [4.69, 9.17) is 5.11 Å². The Labute approximate surface area is 109 Å². The van der Waals surface area contributed by atoms with Gasteiger partial charge in [0.05, 0.1) is 11.5 Å². The number of aromatic nitrogens is 1. The Hall–Kier alpha value is -0.310. The Morgan fingerprint density at radius 2 is 2.41 bits per heavy atom. The lowest BCUT2D eigenvalue weighted by Crippen LogP contribution is -2.47. The van der Waals surface area contributed by atoms with Crippen molar-refractivity contribution in [3.8, 4) is 0 Å². The van der Waals surface area contributed by atoms with Crippen molar-refractivity contribution in [1.29, 1.82) is 0 Å². The summed E-state index contributed by atoms with van der Waals surface area (Å²) in [5.74, 6) is 1.48. The third-order valence-corrected chi connectivity index (χ3v) is 6.18. The van der Waals surface area contributed by atoms with Gasteiger partial charge in [0, 0.05) is 30.5 Å². The molecular formula is C9H14N2O3S3. The molecule has 2 heterocycles. The number of hydrogen-bond acceptors (Lipinski definition) is 7. The first-order valence-corrected chi connectivity index (χ1v) is 9.04. The summed E-state index contributed by atoms with van der Waals surface area (Å²) < 4.78 is 23.4. The molecule has 17 heavy (non-hydrogen) atoms. The van der Waals surface area contributed by atoms with Crippen LogP contribution in [-0.4, -0.2) is 48.2 Å². The van der Waals surface area contributed by atoms with Gasteiger partial charge in [-0.3, -0.25) is 0 Å². The molecule has 0 radical (unpaired) electrons. The van der Waals surface area contributed by atoms with Crippen molar-refractivity contribution >= 4 is 38.1 Å². The molecule has 1 unspecified atom stereocenters. The quantitative estimate of drug-likeness (QED) is 0.878. The molecule has 0 amide bonds. The van der Waals surface area contributed by atoms with Gasteiger partial charge in [-0.15, -0.1) is 0 Å². The number of thiazole rings is 1. The van der Waals surface area contributed by atoms with E-state index in [0.29, 0.717) is 17.4 Å². The Kier molecular flexibility index (Phi) is 3.96. The molecule has 5 nitrogen and oxygen atoms in total. The van der Waals surface area contributed by atoms with E-state index in [1.807, 2.05) is 4.90 Å². The minimum Gasteiger partial charge on any atom is -0.391 e. The number of nitrogens with zero attached hydrogens (tertiary/aromatic N) is 2. The van der Waals surface area contributed by atoms with Gasteiger partial charge in [0.15, 0.2) is 15.0 Å². The van der Waals surface area contributed by atoms with Crippen LogP contribution in [0.15, 0.2) is 6.20 Å². The van der Waals surface area contributed by atoms with E-state index in [2.05, 4.69) is 4.98 Å². The average Bonchev–Trinajstić information content (AvgIpc) is 2.76. The zero-order valence-electron chi connectivity index (χ0n) is 9.37. The van der Waals surface area contributed by atoms with E-state index >= 15 is 0 Å². The second-order valence-corrected chi connectivity index (χ2v) is 8.27. The Morgan fingerprint density at radius 1 is 1.65 bits per heavy atom. The lowest BCUT2D eigenvalue weighted by atomic mass is 10.5. The molecule has 2 rings (SSSR count). The Bertz CT molecular complexity index is 485. The summed E-state index contributed by atoms with van der Waals surface area (Å²) in [6.45, 7) is 0.630. The first kappa shape index (κ1) is 13.1. The smallest absolute Gasteiger partial charge is 0.186 e. The van der Waals surface area contributed by atoms with Crippen LogP contribution in [0.5, 0.6) is 0 Å². The topological polar surface area (TPSA) is 70.5 Å². The number of thioether (sulfide) groups is 1. The van der Waals surface area contributed by atoms with Crippen LogP contribution in [0.3, 0.4) is 0 Å². The molecule has 1 aromatic rings. The van der Waals surface area contributed by atoms with Crippen LogP contribution in [0.25, 0.3) is 0 Å². The van der Waals surface area contributed by atoms with Crippen LogP contribution >= 0.6 is 23.1 Å². The fourth-order valence-electron chi connectivity index (χ4n) is 1.66. The molecule has 0 aromatic carbocycles. The van der Waals surface area contributed by atoms with E-state index in [1.165, 1.54) is 17.6 Å². The van der Waals surface area contributed by atoms with E-state index in [-0.39, 0.29) is 6.61 Å². The van der Waals surface area contributed by atoms with Crippen molar-refractivity contribution in [3.63, 3.8) is 0 Å². The molecular weight excluding hydrogens is 280 g/mol. The summed E-state index contributed by atoms with van der Waals surface area (Å²) in [5.41, 5.74) is 0. The lowest BCUT2D eigenvalue weighted by molar-refractivity contribution is 0.285. The maximum atomic E-state index is 11.7. The maximum Gasteiger partial charge on any atom is 0.186 e. The normalized spacial score (nSPS) is 21.8. The SMILES string of the molecule is CS(=O)(=O)C1CSCCN1c1ncc(CO)s1. The zero-order chi connectivity index (χ0) is 12.5. The number of hydrogen-bond donors (Lipinski definition) is 1. The molecule has 0 bridgehead atoms. The maximum absolute atomic E-state index is 11.7. The Balaban J connectivity index is 2.27.